The maximum Gasteiger partial charge on any atom is 0.338 e. The standard InChI is InChI=1S/C12H16N2O3/c1-2-3-4-5-6-11(15)9-7-13-14-8-10(9)12(16)17/h7-8H,2-6H2,1H3,(H,16,17). The van der Waals surface area contributed by atoms with Gasteiger partial charge in [-0.1, -0.05) is 26.2 Å². The van der Waals surface area contributed by atoms with Crippen LogP contribution >= 0.6 is 0 Å². The highest BCUT2D eigenvalue weighted by Crippen LogP contribution is 2.12. The van der Waals surface area contributed by atoms with Crippen molar-refractivity contribution in [1.29, 1.82) is 0 Å². The first kappa shape index (κ1) is 13.3. The summed E-state index contributed by atoms with van der Waals surface area (Å²) < 4.78 is 0. The highest BCUT2D eigenvalue weighted by atomic mass is 16.4. The van der Waals surface area contributed by atoms with Crippen molar-refractivity contribution in [2.75, 3.05) is 0 Å². The van der Waals surface area contributed by atoms with Gasteiger partial charge >= 0.3 is 5.97 Å². The molecule has 0 amide bonds. The molecule has 0 aliphatic heterocycles. The SMILES string of the molecule is CCCCCCC(=O)c1cnncc1C(=O)O. The van der Waals surface area contributed by atoms with Crippen LogP contribution in [-0.4, -0.2) is 27.1 Å². The minimum absolute atomic E-state index is 0.0690. The molecule has 1 aromatic heterocycles. The number of nitrogens with zero attached hydrogens (tertiary/aromatic N) is 2. The van der Waals surface area contributed by atoms with Gasteiger partial charge in [0.05, 0.1) is 23.5 Å². The van der Waals surface area contributed by atoms with Gasteiger partial charge in [-0.15, -0.1) is 0 Å². The zero-order valence-electron chi connectivity index (χ0n) is 9.85. The van der Waals surface area contributed by atoms with Crippen molar-refractivity contribution in [1.82, 2.24) is 10.2 Å². The fourth-order valence-corrected chi connectivity index (χ4v) is 1.56. The van der Waals surface area contributed by atoms with E-state index in [9.17, 15) is 9.59 Å². The maximum absolute atomic E-state index is 11.8. The van der Waals surface area contributed by atoms with Crippen molar-refractivity contribution in [3.63, 3.8) is 0 Å². The molecule has 5 nitrogen and oxygen atoms in total. The molecule has 1 heterocycles. The molecule has 0 atom stereocenters. The molecule has 0 aromatic carbocycles. The lowest BCUT2D eigenvalue weighted by atomic mass is 10.0. The van der Waals surface area contributed by atoms with Gasteiger partial charge in [0, 0.05) is 6.42 Å². The largest absolute Gasteiger partial charge is 0.478 e. The molecule has 0 radical (unpaired) electrons. The van der Waals surface area contributed by atoms with Crippen LogP contribution in [0, 0.1) is 0 Å². The van der Waals surface area contributed by atoms with Gasteiger partial charge in [-0.3, -0.25) is 4.79 Å². The van der Waals surface area contributed by atoms with Crippen molar-refractivity contribution in [2.24, 2.45) is 0 Å². The van der Waals surface area contributed by atoms with Gasteiger partial charge in [0.1, 0.15) is 0 Å². The van der Waals surface area contributed by atoms with Crippen LogP contribution < -0.4 is 0 Å². The van der Waals surface area contributed by atoms with E-state index in [0.717, 1.165) is 31.9 Å². The van der Waals surface area contributed by atoms with Crippen molar-refractivity contribution in [2.45, 2.75) is 39.0 Å². The van der Waals surface area contributed by atoms with Crippen LogP contribution in [0.5, 0.6) is 0 Å². The fourth-order valence-electron chi connectivity index (χ4n) is 1.56. The Morgan fingerprint density at radius 3 is 2.35 bits per heavy atom. The van der Waals surface area contributed by atoms with E-state index >= 15 is 0 Å². The van der Waals surface area contributed by atoms with E-state index in [2.05, 4.69) is 17.1 Å². The second kappa shape index (κ2) is 6.73. The molecule has 0 saturated heterocycles. The molecule has 1 aromatic rings. The highest BCUT2D eigenvalue weighted by Gasteiger charge is 2.16. The third-order valence-electron chi connectivity index (χ3n) is 2.52. The molecule has 0 aliphatic carbocycles. The Balaban J connectivity index is 2.65. The number of carboxylic acid groups (broad SMARTS) is 1. The third kappa shape index (κ3) is 3.94. The Kier molecular flexibility index (Phi) is 5.26. The normalized spacial score (nSPS) is 10.2. The molecule has 0 spiro atoms. The molecule has 17 heavy (non-hydrogen) atoms. The number of aromatic carboxylic acids is 1. The zero-order valence-corrected chi connectivity index (χ0v) is 9.85. The first-order valence-electron chi connectivity index (χ1n) is 5.74. The highest BCUT2D eigenvalue weighted by molar-refractivity contribution is 6.05. The molecule has 0 aliphatic rings. The fraction of sp³-hybridized carbons (Fsp3) is 0.500. The number of hydrogen-bond acceptors (Lipinski definition) is 4. The number of aromatic nitrogens is 2. The van der Waals surface area contributed by atoms with Crippen LogP contribution in [0.4, 0.5) is 0 Å². The Hall–Kier alpha value is -1.78. The summed E-state index contributed by atoms with van der Waals surface area (Å²) in [5, 5.41) is 15.9. The maximum atomic E-state index is 11.8. The second-order valence-electron chi connectivity index (χ2n) is 3.86. The molecule has 0 fully saturated rings. The quantitative estimate of drug-likeness (QED) is 0.580. The summed E-state index contributed by atoms with van der Waals surface area (Å²) in [6.45, 7) is 2.09. The van der Waals surface area contributed by atoms with Crippen molar-refractivity contribution >= 4 is 11.8 Å². The first-order chi connectivity index (χ1) is 8.16. The van der Waals surface area contributed by atoms with Crippen molar-refractivity contribution in [3.05, 3.63) is 23.5 Å². The predicted molar refractivity (Wildman–Crippen MR) is 62.1 cm³/mol. The van der Waals surface area contributed by atoms with Crippen LogP contribution in [0.25, 0.3) is 0 Å². The lowest BCUT2D eigenvalue weighted by Crippen LogP contribution is -2.10. The molecule has 0 unspecified atom stereocenters. The van der Waals surface area contributed by atoms with E-state index in [-0.39, 0.29) is 16.9 Å². The van der Waals surface area contributed by atoms with Crippen LogP contribution in [-0.2, 0) is 0 Å². The van der Waals surface area contributed by atoms with Gasteiger partial charge < -0.3 is 5.11 Å². The Labute approximate surface area is 99.9 Å². The average molecular weight is 236 g/mol. The van der Waals surface area contributed by atoms with E-state index in [4.69, 9.17) is 5.11 Å². The Morgan fingerprint density at radius 2 is 1.76 bits per heavy atom. The van der Waals surface area contributed by atoms with Crippen LogP contribution in [0.1, 0.15) is 59.7 Å². The number of ketones is 1. The first-order valence-corrected chi connectivity index (χ1v) is 5.74. The second-order valence-corrected chi connectivity index (χ2v) is 3.86. The summed E-state index contributed by atoms with van der Waals surface area (Å²) in [7, 11) is 0. The van der Waals surface area contributed by atoms with Gasteiger partial charge in [0.15, 0.2) is 5.78 Å². The van der Waals surface area contributed by atoms with E-state index in [1.807, 2.05) is 0 Å². The van der Waals surface area contributed by atoms with Gasteiger partial charge in [-0.25, -0.2) is 4.79 Å². The molecular weight excluding hydrogens is 220 g/mol. The smallest absolute Gasteiger partial charge is 0.338 e. The predicted octanol–water partition coefficient (Wildman–Crippen LogP) is 2.33. The Morgan fingerprint density at radius 1 is 1.12 bits per heavy atom. The Bertz CT molecular complexity index is 404. The van der Waals surface area contributed by atoms with Gasteiger partial charge in [0.2, 0.25) is 0 Å². The summed E-state index contributed by atoms with van der Waals surface area (Å²) in [6.07, 6.45) is 6.68. The van der Waals surface area contributed by atoms with Gasteiger partial charge in [0.25, 0.3) is 0 Å². The minimum Gasteiger partial charge on any atom is -0.478 e. The van der Waals surface area contributed by atoms with E-state index < -0.39 is 5.97 Å². The summed E-state index contributed by atoms with van der Waals surface area (Å²) in [5.74, 6) is -1.31. The zero-order chi connectivity index (χ0) is 12.7. The molecule has 0 bridgehead atoms. The van der Waals surface area contributed by atoms with Crippen LogP contribution in [0.2, 0.25) is 0 Å². The van der Waals surface area contributed by atoms with E-state index in [0.29, 0.717) is 6.42 Å². The summed E-state index contributed by atoms with van der Waals surface area (Å²) in [6, 6.07) is 0. The number of carbonyl (C=O) groups is 2. The number of carbonyl (C=O) groups excluding carboxylic acids is 1. The van der Waals surface area contributed by atoms with Gasteiger partial charge in [-0.05, 0) is 6.42 Å². The molecule has 92 valence electrons. The number of rotatable bonds is 7. The third-order valence-corrected chi connectivity index (χ3v) is 2.52. The van der Waals surface area contributed by atoms with Gasteiger partial charge in [-0.2, -0.15) is 10.2 Å². The number of Topliss-reactive ketones (excluding diaryl/α,β-unsaturated/α-hetero) is 1. The summed E-state index contributed by atoms with van der Waals surface area (Å²) in [5.41, 5.74) is 0.0875. The van der Waals surface area contributed by atoms with E-state index in [1.165, 1.54) is 6.20 Å². The van der Waals surface area contributed by atoms with E-state index in [1.54, 1.807) is 0 Å². The molecule has 1 rings (SSSR count). The lowest BCUT2D eigenvalue weighted by molar-refractivity contribution is 0.0691. The van der Waals surface area contributed by atoms with Crippen molar-refractivity contribution < 1.29 is 14.7 Å². The molecule has 5 heteroatoms. The monoisotopic (exact) mass is 236 g/mol. The molecule has 0 saturated carbocycles. The molecule has 1 N–H and O–H groups in total. The summed E-state index contributed by atoms with van der Waals surface area (Å²) >= 11 is 0. The lowest BCUT2D eigenvalue weighted by Gasteiger charge is -2.03. The topological polar surface area (TPSA) is 80.2 Å². The molecular formula is C12H16N2O3. The number of hydrogen-bond donors (Lipinski definition) is 1. The number of carboxylic acids is 1. The van der Waals surface area contributed by atoms with Crippen molar-refractivity contribution in [3.8, 4) is 0 Å². The minimum atomic E-state index is -1.14. The average Bonchev–Trinajstić information content (AvgIpc) is 2.34. The van der Waals surface area contributed by atoms with Crippen LogP contribution in [0.15, 0.2) is 12.4 Å². The number of unbranched alkanes of at least 4 members (excludes halogenated alkanes) is 3. The summed E-state index contributed by atoms with van der Waals surface area (Å²) in [4.78, 5) is 22.7. The van der Waals surface area contributed by atoms with Crippen LogP contribution in [0.3, 0.4) is 0 Å².